The van der Waals surface area contributed by atoms with Crippen LogP contribution in [0.1, 0.15) is 5.56 Å². The van der Waals surface area contributed by atoms with Gasteiger partial charge in [0.15, 0.2) is 0 Å². The van der Waals surface area contributed by atoms with E-state index in [1.807, 2.05) is 0 Å². The maximum atomic E-state index is 11.0. The zero-order valence-corrected chi connectivity index (χ0v) is 11.4. The lowest BCUT2D eigenvalue weighted by atomic mass is 10.2. The molecule has 0 saturated carbocycles. The molecule has 7 nitrogen and oxygen atoms in total. The first-order valence-corrected chi connectivity index (χ1v) is 5.84. The monoisotopic (exact) mass is 315 g/mol. The molecule has 0 saturated heterocycles. The van der Waals surface area contributed by atoms with Gasteiger partial charge in [-0.2, -0.15) is 0 Å². The van der Waals surface area contributed by atoms with Crippen LogP contribution in [0.2, 0.25) is 0 Å². The number of nitrogen functional groups attached to an aromatic ring is 1. The van der Waals surface area contributed by atoms with Crippen LogP contribution >= 0.6 is 15.9 Å². The van der Waals surface area contributed by atoms with Crippen molar-refractivity contribution in [1.29, 1.82) is 0 Å². The number of hydrogen-bond donors (Lipinski definition) is 3. The van der Waals surface area contributed by atoms with E-state index < -0.39 is 11.8 Å². The highest BCUT2D eigenvalue weighted by atomic mass is 79.9. The largest absolute Gasteiger partial charge is 0.397 e. The maximum absolute atomic E-state index is 11.0. The van der Waals surface area contributed by atoms with Crippen molar-refractivity contribution in [2.75, 3.05) is 23.7 Å². The molecule has 6 N–H and O–H groups in total. The van der Waals surface area contributed by atoms with Crippen LogP contribution in [0, 0.1) is 6.92 Å². The summed E-state index contributed by atoms with van der Waals surface area (Å²) < 4.78 is 0.602. The van der Waals surface area contributed by atoms with Gasteiger partial charge in [-0.25, -0.2) is 4.98 Å². The summed E-state index contributed by atoms with van der Waals surface area (Å²) >= 11 is 3.32. The van der Waals surface area contributed by atoms with Crippen LogP contribution in [0.4, 0.5) is 11.5 Å². The predicted molar refractivity (Wildman–Crippen MR) is 71.7 cm³/mol. The molecule has 0 spiro atoms. The number of hydrogen-bond acceptors (Lipinski definition) is 5. The van der Waals surface area contributed by atoms with Gasteiger partial charge in [-0.15, -0.1) is 0 Å². The molecule has 18 heavy (non-hydrogen) atoms. The molecular formula is C10H14BrN5O2. The summed E-state index contributed by atoms with van der Waals surface area (Å²) in [7, 11) is 0. The minimum Gasteiger partial charge on any atom is -0.397 e. The van der Waals surface area contributed by atoms with Crippen molar-refractivity contribution < 1.29 is 9.59 Å². The van der Waals surface area contributed by atoms with Crippen molar-refractivity contribution in [2.24, 2.45) is 11.5 Å². The fourth-order valence-corrected chi connectivity index (χ4v) is 1.96. The molecule has 1 heterocycles. The Kier molecular flexibility index (Phi) is 4.49. The summed E-state index contributed by atoms with van der Waals surface area (Å²) in [5, 5.41) is 0. The normalized spacial score (nSPS) is 10.1. The first-order valence-electron chi connectivity index (χ1n) is 5.05. The van der Waals surface area contributed by atoms with Crippen molar-refractivity contribution in [3.8, 4) is 0 Å². The number of pyridine rings is 1. The van der Waals surface area contributed by atoms with Crippen LogP contribution < -0.4 is 22.1 Å². The first-order chi connectivity index (χ1) is 8.32. The highest BCUT2D eigenvalue weighted by Crippen LogP contribution is 2.30. The van der Waals surface area contributed by atoms with Crippen LogP contribution in [0.3, 0.4) is 0 Å². The number of aromatic nitrogens is 1. The van der Waals surface area contributed by atoms with E-state index in [9.17, 15) is 9.59 Å². The van der Waals surface area contributed by atoms with Crippen LogP contribution in [0.25, 0.3) is 0 Å². The van der Waals surface area contributed by atoms with Gasteiger partial charge in [0, 0.05) is 0 Å². The Bertz CT molecular complexity index is 475. The molecule has 0 aromatic carbocycles. The van der Waals surface area contributed by atoms with Gasteiger partial charge in [0.25, 0.3) is 0 Å². The van der Waals surface area contributed by atoms with Crippen molar-refractivity contribution in [1.82, 2.24) is 4.98 Å². The highest BCUT2D eigenvalue weighted by molar-refractivity contribution is 9.10. The summed E-state index contributed by atoms with van der Waals surface area (Å²) in [4.78, 5) is 27.5. The van der Waals surface area contributed by atoms with E-state index in [4.69, 9.17) is 17.2 Å². The minimum absolute atomic E-state index is 0.155. The smallest absolute Gasteiger partial charge is 0.237 e. The number of halogens is 1. The summed E-state index contributed by atoms with van der Waals surface area (Å²) in [5.41, 5.74) is 17.2. The molecule has 0 aliphatic heterocycles. The fraction of sp³-hybridized carbons (Fsp3) is 0.300. The van der Waals surface area contributed by atoms with Crippen molar-refractivity contribution >= 4 is 39.2 Å². The average Bonchev–Trinajstić information content (AvgIpc) is 2.24. The highest BCUT2D eigenvalue weighted by Gasteiger charge is 2.18. The van der Waals surface area contributed by atoms with E-state index >= 15 is 0 Å². The Hall–Kier alpha value is -1.83. The third-order valence-electron chi connectivity index (χ3n) is 2.28. The van der Waals surface area contributed by atoms with Crippen molar-refractivity contribution in [2.45, 2.75) is 6.92 Å². The van der Waals surface area contributed by atoms with E-state index in [2.05, 4.69) is 20.9 Å². The molecule has 8 heteroatoms. The Morgan fingerprint density at radius 1 is 1.33 bits per heavy atom. The van der Waals surface area contributed by atoms with Gasteiger partial charge < -0.3 is 22.1 Å². The quantitative estimate of drug-likeness (QED) is 0.675. The first kappa shape index (κ1) is 14.2. The van der Waals surface area contributed by atoms with Gasteiger partial charge in [0.1, 0.15) is 5.82 Å². The van der Waals surface area contributed by atoms with E-state index in [-0.39, 0.29) is 13.1 Å². The predicted octanol–water partition coefficient (Wildman–Crippen LogP) is -0.488. The SMILES string of the molecule is Cc1c(N)cnc(N(CC(N)=O)CC(N)=O)c1Br. The van der Waals surface area contributed by atoms with Crippen molar-refractivity contribution in [3.63, 3.8) is 0 Å². The van der Waals surface area contributed by atoms with E-state index in [0.29, 0.717) is 16.0 Å². The fourth-order valence-electron chi connectivity index (χ4n) is 1.38. The molecule has 0 aliphatic carbocycles. The molecule has 1 aromatic heterocycles. The molecular weight excluding hydrogens is 302 g/mol. The zero-order chi connectivity index (χ0) is 13.9. The summed E-state index contributed by atoms with van der Waals surface area (Å²) in [5.74, 6) is -0.766. The number of carbonyl (C=O) groups is 2. The van der Waals surface area contributed by atoms with E-state index in [0.717, 1.165) is 5.56 Å². The Labute approximate surface area is 112 Å². The Morgan fingerprint density at radius 2 is 1.83 bits per heavy atom. The molecule has 0 unspecified atom stereocenters. The lowest BCUT2D eigenvalue weighted by molar-refractivity contribution is -0.117. The molecule has 1 rings (SSSR count). The molecule has 98 valence electrons. The number of primary amides is 2. The van der Waals surface area contributed by atoms with Gasteiger partial charge in [-0.1, -0.05) is 0 Å². The van der Waals surface area contributed by atoms with Crippen LogP contribution in [0.5, 0.6) is 0 Å². The number of nitrogens with two attached hydrogens (primary N) is 3. The lowest BCUT2D eigenvalue weighted by Gasteiger charge is -2.22. The number of carbonyl (C=O) groups excluding carboxylic acids is 2. The Balaban J connectivity index is 3.16. The van der Waals surface area contributed by atoms with Gasteiger partial charge in [0.2, 0.25) is 11.8 Å². The van der Waals surface area contributed by atoms with Gasteiger partial charge in [-0.3, -0.25) is 9.59 Å². The number of nitrogens with zero attached hydrogens (tertiary/aromatic N) is 2. The molecule has 0 aliphatic rings. The topological polar surface area (TPSA) is 128 Å². The molecule has 0 bridgehead atoms. The minimum atomic E-state index is -0.584. The van der Waals surface area contributed by atoms with Gasteiger partial charge >= 0.3 is 0 Å². The lowest BCUT2D eigenvalue weighted by Crippen LogP contribution is -2.40. The average molecular weight is 316 g/mol. The van der Waals surface area contributed by atoms with Gasteiger partial charge in [0.05, 0.1) is 29.4 Å². The molecule has 1 aromatic rings. The maximum Gasteiger partial charge on any atom is 0.237 e. The van der Waals surface area contributed by atoms with Crippen molar-refractivity contribution in [3.05, 3.63) is 16.2 Å². The van der Waals surface area contributed by atoms with E-state index in [1.165, 1.54) is 11.1 Å². The summed E-state index contributed by atoms with van der Waals surface area (Å²) in [6, 6.07) is 0. The third-order valence-corrected chi connectivity index (χ3v) is 3.23. The second-order valence-corrected chi connectivity index (χ2v) is 4.56. The van der Waals surface area contributed by atoms with Crippen LogP contribution in [0.15, 0.2) is 10.7 Å². The van der Waals surface area contributed by atoms with Gasteiger partial charge in [-0.05, 0) is 28.4 Å². The third kappa shape index (κ3) is 3.33. The summed E-state index contributed by atoms with van der Waals surface area (Å²) in [6.07, 6.45) is 1.45. The standard InChI is InChI=1S/C10H14BrN5O2/c1-5-6(12)2-15-10(9(5)11)16(3-7(13)17)4-8(14)18/h2H,3-4,12H2,1H3,(H2,13,17)(H2,14,18). The second-order valence-electron chi connectivity index (χ2n) is 3.76. The molecule has 0 radical (unpaired) electrons. The number of anilines is 2. The Morgan fingerprint density at radius 3 is 2.28 bits per heavy atom. The van der Waals surface area contributed by atoms with Crippen LogP contribution in [-0.4, -0.2) is 29.9 Å². The number of rotatable bonds is 5. The van der Waals surface area contributed by atoms with Crippen LogP contribution in [-0.2, 0) is 9.59 Å². The molecule has 0 atom stereocenters. The number of amides is 2. The second kappa shape index (κ2) is 5.67. The molecule has 2 amide bonds. The zero-order valence-electron chi connectivity index (χ0n) is 9.81. The molecule has 0 fully saturated rings. The van der Waals surface area contributed by atoms with E-state index in [1.54, 1.807) is 6.92 Å². The summed E-state index contributed by atoms with van der Waals surface area (Å²) in [6.45, 7) is 1.48.